The number of hydrogen-bond acceptors (Lipinski definition) is 2. The van der Waals surface area contributed by atoms with Crippen molar-refractivity contribution in [3.8, 4) is 0 Å². The molecule has 1 amide bonds. The number of halogens is 3. The number of fused-ring (bicyclic) bond motifs is 1. The van der Waals surface area contributed by atoms with E-state index < -0.39 is 17.5 Å². The van der Waals surface area contributed by atoms with Gasteiger partial charge in [0.05, 0.1) is 23.1 Å². The Labute approximate surface area is 160 Å². The molecule has 0 atom stereocenters. The minimum Gasteiger partial charge on any atom is -0.334 e. The van der Waals surface area contributed by atoms with Gasteiger partial charge >= 0.3 is 0 Å². The third-order valence-electron chi connectivity index (χ3n) is 4.81. The van der Waals surface area contributed by atoms with E-state index in [4.69, 9.17) is 11.6 Å². The van der Waals surface area contributed by atoms with Gasteiger partial charge in [0.1, 0.15) is 17.5 Å². The number of imidazole rings is 1. The van der Waals surface area contributed by atoms with E-state index in [0.717, 1.165) is 35.8 Å². The maximum absolute atomic E-state index is 13.9. The Morgan fingerprint density at radius 1 is 1.26 bits per heavy atom. The number of aromatic nitrogens is 2. The van der Waals surface area contributed by atoms with Crippen LogP contribution in [0.3, 0.4) is 0 Å². The van der Waals surface area contributed by atoms with Crippen LogP contribution in [0.2, 0.25) is 5.02 Å². The number of nitrogens with zero attached hydrogens (tertiary/aromatic N) is 3. The SMILES string of the molecule is CN(Cc1nc2ccc(Cl)cc2n1CC1CC1)C(=O)c1cc(F)ccc1F. The van der Waals surface area contributed by atoms with E-state index in [1.165, 1.54) is 17.7 Å². The minimum absolute atomic E-state index is 0.188. The van der Waals surface area contributed by atoms with Crippen LogP contribution in [0.15, 0.2) is 36.4 Å². The van der Waals surface area contributed by atoms with Gasteiger partial charge in [-0.2, -0.15) is 0 Å². The van der Waals surface area contributed by atoms with Gasteiger partial charge < -0.3 is 9.47 Å². The molecular formula is C20H18ClF2N3O. The van der Waals surface area contributed by atoms with Gasteiger partial charge in [0.15, 0.2) is 0 Å². The summed E-state index contributed by atoms with van der Waals surface area (Å²) in [6, 6.07) is 8.36. The fraction of sp³-hybridized carbons (Fsp3) is 0.300. The first-order chi connectivity index (χ1) is 12.9. The first-order valence-electron chi connectivity index (χ1n) is 8.77. The Bertz CT molecular complexity index is 1030. The normalized spacial score (nSPS) is 13.9. The number of carbonyl (C=O) groups excluding carboxylic acids is 1. The van der Waals surface area contributed by atoms with E-state index in [-0.39, 0.29) is 12.1 Å². The highest BCUT2D eigenvalue weighted by atomic mass is 35.5. The molecule has 1 heterocycles. The highest BCUT2D eigenvalue weighted by molar-refractivity contribution is 6.31. The number of hydrogen-bond donors (Lipinski definition) is 0. The van der Waals surface area contributed by atoms with Crippen LogP contribution in [0.1, 0.15) is 29.0 Å². The molecule has 0 spiro atoms. The topological polar surface area (TPSA) is 38.1 Å². The highest BCUT2D eigenvalue weighted by Crippen LogP contribution is 2.33. The van der Waals surface area contributed by atoms with Gasteiger partial charge in [-0.3, -0.25) is 4.79 Å². The van der Waals surface area contributed by atoms with Crippen molar-refractivity contribution in [1.82, 2.24) is 14.5 Å². The zero-order valence-electron chi connectivity index (χ0n) is 14.8. The maximum Gasteiger partial charge on any atom is 0.257 e. The standard InChI is InChI=1S/C20H18ClF2N3O/c1-25(20(27)15-9-14(22)5-6-16(15)23)11-19-24-17-7-4-13(21)8-18(17)26(19)10-12-2-3-12/h4-9,12H,2-3,10-11H2,1H3. The van der Waals surface area contributed by atoms with Crippen molar-refractivity contribution < 1.29 is 13.6 Å². The molecule has 0 aliphatic heterocycles. The average molecular weight is 390 g/mol. The predicted octanol–water partition coefficient (Wildman–Crippen LogP) is 4.65. The van der Waals surface area contributed by atoms with E-state index >= 15 is 0 Å². The molecule has 0 radical (unpaired) electrons. The third-order valence-corrected chi connectivity index (χ3v) is 5.05. The summed E-state index contributed by atoms with van der Waals surface area (Å²) in [5, 5.41) is 0.622. The molecule has 7 heteroatoms. The Kier molecular flexibility index (Phi) is 4.60. The van der Waals surface area contributed by atoms with Gasteiger partial charge in [0.25, 0.3) is 5.91 Å². The Hall–Kier alpha value is -2.47. The number of rotatable bonds is 5. The molecule has 0 N–H and O–H groups in total. The lowest BCUT2D eigenvalue weighted by molar-refractivity contribution is 0.0775. The summed E-state index contributed by atoms with van der Waals surface area (Å²) in [7, 11) is 1.56. The first kappa shape index (κ1) is 17.9. The zero-order valence-corrected chi connectivity index (χ0v) is 15.5. The molecule has 1 aliphatic rings. The Morgan fingerprint density at radius 2 is 2.04 bits per heavy atom. The average Bonchev–Trinajstić information content (AvgIpc) is 3.40. The number of amides is 1. The van der Waals surface area contributed by atoms with Crippen molar-refractivity contribution in [3.63, 3.8) is 0 Å². The van der Waals surface area contributed by atoms with E-state index in [9.17, 15) is 13.6 Å². The summed E-state index contributed by atoms with van der Waals surface area (Å²) in [5.74, 6) is -0.682. The molecule has 2 aromatic carbocycles. The van der Waals surface area contributed by atoms with Crippen molar-refractivity contribution in [2.75, 3.05) is 7.05 Å². The number of carbonyl (C=O) groups is 1. The van der Waals surface area contributed by atoms with Crippen LogP contribution >= 0.6 is 11.6 Å². The fourth-order valence-electron chi connectivity index (χ4n) is 3.18. The summed E-state index contributed by atoms with van der Waals surface area (Å²) in [6.07, 6.45) is 2.34. The molecule has 0 saturated heterocycles. The fourth-order valence-corrected chi connectivity index (χ4v) is 3.35. The van der Waals surface area contributed by atoms with Gasteiger partial charge in [-0.15, -0.1) is 0 Å². The van der Waals surface area contributed by atoms with E-state index in [1.807, 2.05) is 12.1 Å². The minimum atomic E-state index is -0.744. The van der Waals surface area contributed by atoms with Crippen molar-refractivity contribution in [3.05, 3.63) is 64.4 Å². The van der Waals surface area contributed by atoms with Crippen LogP contribution in [0.4, 0.5) is 8.78 Å². The lowest BCUT2D eigenvalue weighted by Gasteiger charge is -2.18. The molecule has 0 unspecified atom stereocenters. The second-order valence-corrected chi connectivity index (χ2v) is 7.44. The molecule has 3 aromatic rings. The van der Waals surface area contributed by atoms with Gasteiger partial charge in [-0.05, 0) is 55.2 Å². The van der Waals surface area contributed by atoms with E-state index in [1.54, 1.807) is 13.1 Å². The van der Waals surface area contributed by atoms with E-state index in [0.29, 0.717) is 16.8 Å². The molecule has 1 fully saturated rings. The van der Waals surface area contributed by atoms with Crippen molar-refractivity contribution >= 4 is 28.5 Å². The molecular weight excluding hydrogens is 372 g/mol. The largest absolute Gasteiger partial charge is 0.334 e. The van der Waals surface area contributed by atoms with Crippen LogP contribution in [0.25, 0.3) is 11.0 Å². The van der Waals surface area contributed by atoms with Crippen molar-refractivity contribution in [1.29, 1.82) is 0 Å². The highest BCUT2D eigenvalue weighted by Gasteiger charge is 2.26. The summed E-state index contributed by atoms with van der Waals surface area (Å²) >= 11 is 6.14. The first-order valence-corrected chi connectivity index (χ1v) is 9.15. The van der Waals surface area contributed by atoms with Gasteiger partial charge in [-0.25, -0.2) is 13.8 Å². The summed E-state index contributed by atoms with van der Waals surface area (Å²) < 4.78 is 29.4. The quantitative estimate of drug-likeness (QED) is 0.637. The summed E-state index contributed by atoms with van der Waals surface area (Å²) in [4.78, 5) is 18.6. The Balaban J connectivity index is 1.65. The van der Waals surface area contributed by atoms with Crippen molar-refractivity contribution in [2.45, 2.75) is 25.9 Å². The van der Waals surface area contributed by atoms with Gasteiger partial charge in [0.2, 0.25) is 0 Å². The van der Waals surface area contributed by atoms with Gasteiger partial charge in [0, 0.05) is 18.6 Å². The monoisotopic (exact) mass is 389 g/mol. The van der Waals surface area contributed by atoms with Crippen LogP contribution in [-0.4, -0.2) is 27.4 Å². The van der Waals surface area contributed by atoms with Crippen LogP contribution in [0.5, 0.6) is 0 Å². The molecule has 27 heavy (non-hydrogen) atoms. The summed E-state index contributed by atoms with van der Waals surface area (Å²) in [6.45, 7) is 0.996. The lowest BCUT2D eigenvalue weighted by atomic mass is 10.2. The lowest BCUT2D eigenvalue weighted by Crippen LogP contribution is -2.28. The van der Waals surface area contributed by atoms with Gasteiger partial charge in [-0.1, -0.05) is 11.6 Å². The maximum atomic E-state index is 13.9. The second kappa shape index (κ2) is 6.93. The molecule has 4 nitrogen and oxygen atoms in total. The molecule has 140 valence electrons. The summed E-state index contributed by atoms with van der Waals surface area (Å²) in [5.41, 5.74) is 1.43. The van der Waals surface area contributed by atoms with Crippen molar-refractivity contribution in [2.24, 2.45) is 5.92 Å². The van der Waals surface area contributed by atoms with Crippen LogP contribution < -0.4 is 0 Å². The second-order valence-electron chi connectivity index (χ2n) is 7.00. The molecule has 1 aliphatic carbocycles. The molecule has 4 rings (SSSR count). The van der Waals surface area contributed by atoms with Crippen LogP contribution in [-0.2, 0) is 13.1 Å². The Morgan fingerprint density at radius 3 is 2.78 bits per heavy atom. The zero-order chi connectivity index (χ0) is 19.1. The molecule has 1 saturated carbocycles. The van der Waals surface area contributed by atoms with Crippen LogP contribution in [0, 0.1) is 17.6 Å². The smallest absolute Gasteiger partial charge is 0.257 e. The molecule has 0 bridgehead atoms. The predicted molar refractivity (Wildman–Crippen MR) is 99.6 cm³/mol. The van der Waals surface area contributed by atoms with E-state index in [2.05, 4.69) is 9.55 Å². The third kappa shape index (κ3) is 3.67. The molecule has 1 aromatic heterocycles. The number of benzene rings is 2.